The first-order valence-corrected chi connectivity index (χ1v) is 6.14. The van der Waals surface area contributed by atoms with Crippen LogP contribution in [0.4, 0.5) is 0 Å². The van der Waals surface area contributed by atoms with Crippen LogP contribution in [-0.4, -0.2) is 19.6 Å². The van der Waals surface area contributed by atoms with Gasteiger partial charge in [0.25, 0.3) is 0 Å². The van der Waals surface area contributed by atoms with Crippen LogP contribution in [0.5, 0.6) is 0 Å². The van der Waals surface area contributed by atoms with E-state index in [1.165, 1.54) is 0 Å². The van der Waals surface area contributed by atoms with Gasteiger partial charge in [-0.05, 0) is 18.2 Å². The Hall–Kier alpha value is -0.790. The lowest BCUT2D eigenvalue weighted by molar-refractivity contribution is -0.432. The third-order valence-corrected chi connectivity index (χ3v) is 0.612. The zero-order valence-corrected chi connectivity index (χ0v) is 11.1. The van der Waals surface area contributed by atoms with Gasteiger partial charge in [-0.3, -0.25) is 0 Å². The summed E-state index contributed by atoms with van der Waals surface area (Å²) in [6.45, 7) is 12.8. The van der Waals surface area contributed by atoms with E-state index >= 15 is 0 Å². The number of rotatable bonds is 3. The molecule has 0 unspecified atom stereocenters. The Labute approximate surface area is 103 Å². The molecular formula is C9H24N3O4P. The number of quaternary nitrogens is 3. The molecule has 8 heteroatoms. The van der Waals surface area contributed by atoms with E-state index in [1.807, 2.05) is 0 Å². The van der Waals surface area contributed by atoms with E-state index in [4.69, 9.17) is 19.2 Å². The summed E-state index contributed by atoms with van der Waals surface area (Å²) in [5, 5.41) is 0. The second kappa shape index (κ2) is 24.4. The highest BCUT2D eigenvalue weighted by molar-refractivity contribution is 7.40. The van der Waals surface area contributed by atoms with Gasteiger partial charge in [0.05, 0.1) is 19.6 Å². The Bertz CT molecular complexity index is 179. The van der Waals surface area contributed by atoms with E-state index in [-0.39, 0.29) is 0 Å². The third-order valence-electron chi connectivity index (χ3n) is 0.612. The predicted octanol–water partition coefficient (Wildman–Crippen LogP) is -4.58. The van der Waals surface area contributed by atoms with Crippen molar-refractivity contribution < 1.29 is 36.4 Å². The monoisotopic (exact) mass is 269 g/mol. The molecule has 0 saturated heterocycles. The average molecular weight is 269 g/mol. The van der Waals surface area contributed by atoms with Gasteiger partial charge in [-0.15, -0.1) is 0 Å². The van der Waals surface area contributed by atoms with Crippen LogP contribution >= 0.6 is 7.82 Å². The Morgan fingerprint density at radius 1 is 0.824 bits per heavy atom. The minimum absolute atomic E-state index is 0.833. The van der Waals surface area contributed by atoms with Crippen molar-refractivity contribution in [1.29, 1.82) is 0 Å². The molecular weight excluding hydrogens is 245 g/mol. The summed E-state index contributed by atoms with van der Waals surface area (Å²) in [4.78, 5) is 25.6. The maximum Gasteiger partial charge on any atom is 0.0924 e. The molecule has 0 aromatic heterocycles. The standard InChI is InChI=1S/3C3H7N.H3O4P/c3*1-2-3-4;1-5(2,3)4/h3*2H,1,3-4H2;(H3,1,2,3,4). The number of hydrogen-bond acceptors (Lipinski definition) is 4. The minimum atomic E-state index is -5.39. The zero-order valence-electron chi connectivity index (χ0n) is 10.2. The van der Waals surface area contributed by atoms with E-state index in [2.05, 4.69) is 36.9 Å². The van der Waals surface area contributed by atoms with Crippen molar-refractivity contribution in [2.24, 2.45) is 0 Å². The van der Waals surface area contributed by atoms with Crippen molar-refractivity contribution in [3.63, 3.8) is 0 Å². The quantitative estimate of drug-likeness (QED) is 0.346. The molecule has 0 aliphatic rings. The molecule has 9 N–H and O–H groups in total. The molecule has 0 rings (SSSR count). The Balaban J connectivity index is -0.0000000667. The summed E-state index contributed by atoms with van der Waals surface area (Å²) in [7, 11) is -5.39. The van der Waals surface area contributed by atoms with Crippen LogP contribution in [0.15, 0.2) is 38.0 Å². The van der Waals surface area contributed by atoms with Gasteiger partial charge in [0.2, 0.25) is 0 Å². The molecule has 0 heterocycles. The molecule has 0 aliphatic heterocycles. The molecule has 17 heavy (non-hydrogen) atoms. The van der Waals surface area contributed by atoms with E-state index in [0.717, 1.165) is 19.6 Å². The molecule has 0 amide bonds. The van der Waals surface area contributed by atoms with Crippen molar-refractivity contribution in [3.8, 4) is 0 Å². The summed E-state index contributed by atoms with van der Waals surface area (Å²) in [5.41, 5.74) is 10.5. The lowest BCUT2D eigenvalue weighted by atomic mass is 10.7. The first-order chi connectivity index (χ1) is 7.74. The van der Waals surface area contributed by atoms with Crippen molar-refractivity contribution in [2.75, 3.05) is 19.6 Å². The minimum Gasteiger partial charge on any atom is -0.822 e. The van der Waals surface area contributed by atoms with Crippen molar-refractivity contribution in [2.45, 2.75) is 0 Å². The van der Waals surface area contributed by atoms with E-state index in [0.29, 0.717) is 0 Å². The summed E-state index contributed by atoms with van der Waals surface area (Å²) in [6.07, 6.45) is 5.29. The molecule has 0 bridgehead atoms. The largest absolute Gasteiger partial charge is 0.822 e. The SMILES string of the molecule is C=CC[NH3+].C=CC[NH3+].C=CC[NH3+].O=P([O-])([O-])[O-]. The van der Waals surface area contributed by atoms with Crippen LogP contribution in [0, 0.1) is 0 Å². The van der Waals surface area contributed by atoms with Gasteiger partial charge >= 0.3 is 0 Å². The molecule has 0 saturated carbocycles. The molecule has 0 aromatic carbocycles. The van der Waals surface area contributed by atoms with E-state index in [1.54, 1.807) is 18.2 Å². The Kier molecular flexibility index (Phi) is 36.2. The summed E-state index contributed by atoms with van der Waals surface area (Å²) in [6, 6.07) is 0. The van der Waals surface area contributed by atoms with Crippen LogP contribution in [-0.2, 0) is 4.57 Å². The van der Waals surface area contributed by atoms with Crippen molar-refractivity contribution >= 4 is 7.82 Å². The van der Waals surface area contributed by atoms with Gasteiger partial charge in [-0.1, -0.05) is 19.7 Å². The normalized spacial score (nSPS) is 7.88. The second-order valence-electron chi connectivity index (χ2n) is 2.18. The molecule has 104 valence electrons. The van der Waals surface area contributed by atoms with Gasteiger partial charge < -0.3 is 36.4 Å². The van der Waals surface area contributed by atoms with Crippen LogP contribution < -0.4 is 31.9 Å². The molecule has 0 aliphatic carbocycles. The fourth-order valence-corrected chi connectivity index (χ4v) is 0. The van der Waals surface area contributed by atoms with Gasteiger partial charge in [0.15, 0.2) is 0 Å². The third kappa shape index (κ3) is 543. The number of phosphoric acid groups is 1. The van der Waals surface area contributed by atoms with E-state index in [9.17, 15) is 0 Å². The van der Waals surface area contributed by atoms with Gasteiger partial charge in [0.1, 0.15) is 0 Å². The fraction of sp³-hybridized carbons (Fsp3) is 0.333. The molecule has 0 aromatic rings. The smallest absolute Gasteiger partial charge is 0.0924 e. The van der Waals surface area contributed by atoms with Gasteiger partial charge in [-0.2, -0.15) is 7.82 Å². The lowest BCUT2D eigenvalue weighted by Crippen LogP contribution is -2.48. The number of hydrogen-bond donors (Lipinski definition) is 3. The molecule has 0 fully saturated rings. The maximum atomic E-state index is 8.55. The first-order valence-electron chi connectivity index (χ1n) is 4.68. The molecule has 0 spiro atoms. The van der Waals surface area contributed by atoms with Crippen LogP contribution in [0.3, 0.4) is 0 Å². The summed E-state index contributed by atoms with van der Waals surface area (Å²) in [5.74, 6) is 0. The average Bonchev–Trinajstić information content (AvgIpc) is 2.27. The summed E-state index contributed by atoms with van der Waals surface area (Å²) >= 11 is 0. The highest BCUT2D eigenvalue weighted by Crippen LogP contribution is 2.03. The predicted molar refractivity (Wildman–Crippen MR) is 61.5 cm³/mol. The first kappa shape index (κ1) is 25.2. The highest BCUT2D eigenvalue weighted by atomic mass is 31.2. The zero-order chi connectivity index (χ0) is 14.7. The van der Waals surface area contributed by atoms with Gasteiger partial charge in [-0.25, -0.2) is 0 Å². The van der Waals surface area contributed by atoms with Gasteiger partial charge in [0, 0.05) is 0 Å². The molecule has 7 nitrogen and oxygen atoms in total. The van der Waals surface area contributed by atoms with Crippen LogP contribution in [0.2, 0.25) is 0 Å². The summed E-state index contributed by atoms with van der Waals surface area (Å²) < 4.78 is 8.55. The Morgan fingerprint density at radius 2 is 0.882 bits per heavy atom. The second-order valence-corrected chi connectivity index (χ2v) is 3.07. The maximum absolute atomic E-state index is 8.55. The highest BCUT2D eigenvalue weighted by Gasteiger charge is 1.48. The topological polar surface area (TPSA) is 169 Å². The molecule has 0 atom stereocenters. The lowest BCUT2D eigenvalue weighted by Gasteiger charge is -2.36. The fourth-order valence-electron chi connectivity index (χ4n) is 0. The molecule has 0 radical (unpaired) electrons. The van der Waals surface area contributed by atoms with E-state index < -0.39 is 7.82 Å². The van der Waals surface area contributed by atoms with Crippen molar-refractivity contribution in [3.05, 3.63) is 38.0 Å². The van der Waals surface area contributed by atoms with Crippen LogP contribution in [0.25, 0.3) is 0 Å². The van der Waals surface area contributed by atoms with Crippen molar-refractivity contribution in [1.82, 2.24) is 0 Å². The van der Waals surface area contributed by atoms with Crippen LogP contribution in [0.1, 0.15) is 0 Å². The Morgan fingerprint density at radius 3 is 0.882 bits per heavy atom.